The second-order valence-corrected chi connectivity index (χ2v) is 8.64. The van der Waals surface area contributed by atoms with Crippen LogP contribution in [0.4, 0.5) is 0 Å². The summed E-state index contributed by atoms with van der Waals surface area (Å²) in [5.41, 5.74) is -0.880. The van der Waals surface area contributed by atoms with E-state index in [0.29, 0.717) is 19.3 Å². The summed E-state index contributed by atoms with van der Waals surface area (Å²) in [6.45, 7) is 6.24. The van der Waals surface area contributed by atoms with Crippen LogP contribution in [0.25, 0.3) is 0 Å². The molecular weight excluding hydrogens is 352 g/mol. The fourth-order valence-corrected chi connectivity index (χ4v) is 4.37. The van der Waals surface area contributed by atoms with Gasteiger partial charge in [-0.2, -0.15) is 0 Å². The number of hydrogen-bond acceptors (Lipinski definition) is 4. The molecule has 5 atom stereocenters. The Morgan fingerprint density at radius 2 is 1.64 bits per heavy atom. The van der Waals surface area contributed by atoms with E-state index in [1.165, 1.54) is 12.8 Å². The van der Waals surface area contributed by atoms with Gasteiger partial charge in [0.05, 0.1) is 17.8 Å². The topological polar surface area (TPSA) is 80.9 Å². The van der Waals surface area contributed by atoms with Crippen LogP contribution in [0.1, 0.15) is 90.4 Å². The molecule has 4 N–H and O–H groups in total. The maximum absolute atomic E-state index is 10.7. The lowest BCUT2D eigenvalue weighted by Crippen LogP contribution is -2.25. The predicted octanol–water partition coefficient (Wildman–Crippen LogP) is 4.51. The normalized spacial score (nSPS) is 27.3. The zero-order valence-corrected chi connectivity index (χ0v) is 17.9. The fraction of sp³-hybridized carbons (Fsp3) is 0.833. The summed E-state index contributed by atoms with van der Waals surface area (Å²) in [5, 5.41) is 40.3. The molecule has 0 amide bonds. The van der Waals surface area contributed by atoms with E-state index in [1.54, 1.807) is 6.08 Å². The SMILES string of the molecule is C=CC(O)(CC=C[C@@H]1[C@@H](CCCCCCCO)[C@@H](O)C[C@H]1O)CCCCCC. The van der Waals surface area contributed by atoms with Crippen molar-refractivity contribution in [1.82, 2.24) is 0 Å². The highest BCUT2D eigenvalue weighted by Gasteiger charge is 2.39. The van der Waals surface area contributed by atoms with Gasteiger partial charge in [-0.3, -0.25) is 0 Å². The fourth-order valence-electron chi connectivity index (χ4n) is 4.37. The maximum atomic E-state index is 10.7. The zero-order chi connectivity index (χ0) is 20.8. The Bertz CT molecular complexity index is 436. The minimum absolute atomic E-state index is 0.0402. The van der Waals surface area contributed by atoms with Crippen LogP contribution in [-0.2, 0) is 0 Å². The first kappa shape index (κ1) is 25.4. The number of unbranched alkanes of at least 4 members (excludes halogenated alkanes) is 7. The van der Waals surface area contributed by atoms with Crippen molar-refractivity contribution in [3.05, 3.63) is 24.8 Å². The Morgan fingerprint density at radius 3 is 2.32 bits per heavy atom. The molecule has 4 heteroatoms. The molecule has 1 aliphatic carbocycles. The van der Waals surface area contributed by atoms with Crippen molar-refractivity contribution in [1.29, 1.82) is 0 Å². The second kappa shape index (κ2) is 14.3. The van der Waals surface area contributed by atoms with Gasteiger partial charge in [-0.15, -0.1) is 6.58 Å². The molecule has 0 saturated heterocycles. The molecule has 0 bridgehead atoms. The summed E-state index contributed by atoms with van der Waals surface area (Å²) in [4.78, 5) is 0. The molecule has 1 fully saturated rings. The van der Waals surface area contributed by atoms with Crippen LogP contribution in [0.2, 0.25) is 0 Å². The number of rotatable bonds is 16. The number of aliphatic hydroxyl groups is 4. The smallest absolute Gasteiger partial charge is 0.0859 e. The Hall–Kier alpha value is -0.680. The molecule has 0 aromatic carbocycles. The molecular formula is C24H44O4. The second-order valence-electron chi connectivity index (χ2n) is 8.64. The van der Waals surface area contributed by atoms with E-state index in [0.717, 1.165) is 51.4 Å². The van der Waals surface area contributed by atoms with Gasteiger partial charge in [-0.1, -0.05) is 76.5 Å². The van der Waals surface area contributed by atoms with Gasteiger partial charge in [0.25, 0.3) is 0 Å². The van der Waals surface area contributed by atoms with Gasteiger partial charge in [0.2, 0.25) is 0 Å². The number of aliphatic hydroxyl groups excluding tert-OH is 3. The Morgan fingerprint density at radius 1 is 0.964 bits per heavy atom. The molecule has 1 rings (SSSR count). The first-order valence-corrected chi connectivity index (χ1v) is 11.5. The first-order valence-electron chi connectivity index (χ1n) is 11.5. The van der Waals surface area contributed by atoms with Gasteiger partial charge in [0, 0.05) is 18.9 Å². The lowest BCUT2D eigenvalue weighted by molar-refractivity contribution is 0.0812. The monoisotopic (exact) mass is 396 g/mol. The van der Waals surface area contributed by atoms with Crippen molar-refractivity contribution in [2.45, 2.75) is 108 Å². The van der Waals surface area contributed by atoms with Crippen LogP contribution in [0.3, 0.4) is 0 Å². The van der Waals surface area contributed by atoms with Crippen molar-refractivity contribution in [2.24, 2.45) is 11.8 Å². The van der Waals surface area contributed by atoms with Gasteiger partial charge >= 0.3 is 0 Å². The highest BCUT2D eigenvalue weighted by molar-refractivity contribution is 5.07. The lowest BCUT2D eigenvalue weighted by Gasteiger charge is -2.24. The highest BCUT2D eigenvalue weighted by Crippen LogP contribution is 2.37. The van der Waals surface area contributed by atoms with Gasteiger partial charge in [0.15, 0.2) is 0 Å². The molecule has 0 heterocycles. The van der Waals surface area contributed by atoms with Crippen molar-refractivity contribution in [2.75, 3.05) is 6.61 Å². The lowest BCUT2D eigenvalue weighted by atomic mass is 9.86. The molecule has 28 heavy (non-hydrogen) atoms. The van der Waals surface area contributed by atoms with Crippen LogP contribution >= 0.6 is 0 Å². The molecule has 1 saturated carbocycles. The van der Waals surface area contributed by atoms with Crippen LogP contribution in [0.5, 0.6) is 0 Å². The van der Waals surface area contributed by atoms with Crippen molar-refractivity contribution >= 4 is 0 Å². The summed E-state index contributed by atoms with van der Waals surface area (Å²) >= 11 is 0. The molecule has 0 aliphatic heterocycles. The Balaban J connectivity index is 2.49. The highest BCUT2D eigenvalue weighted by atomic mass is 16.3. The van der Waals surface area contributed by atoms with E-state index in [4.69, 9.17) is 5.11 Å². The summed E-state index contributed by atoms with van der Waals surface area (Å²) in [6, 6.07) is 0. The standard InChI is InChI=1S/C24H44O4/c1-3-5-6-11-16-24(28,4-2)17-13-15-21-20(22(26)19-23(21)27)14-10-8-7-9-12-18-25/h4,13,15,20-23,25-28H,2-3,5-12,14,16-19H2,1H3/t20-,21-,22+,23-,24?/m1/s1. The maximum Gasteiger partial charge on any atom is 0.0859 e. The van der Waals surface area contributed by atoms with Crippen molar-refractivity contribution < 1.29 is 20.4 Å². The average Bonchev–Trinajstić information content (AvgIpc) is 2.95. The van der Waals surface area contributed by atoms with E-state index in [9.17, 15) is 15.3 Å². The molecule has 0 aromatic heterocycles. The van der Waals surface area contributed by atoms with Gasteiger partial charge in [-0.05, 0) is 31.6 Å². The summed E-state index contributed by atoms with van der Waals surface area (Å²) in [7, 11) is 0. The molecule has 1 unspecified atom stereocenters. The van der Waals surface area contributed by atoms with E-state index in [1.807, 2.05) is 12.2 Å². The third kappa shape index (κ3) is 9.21. The molecule has 0 radical (unpaired) electrons. The predicted molar refractivity (Wildman–Crippen MR) is 116 cm³/mol. The van der Waals surface area contributed by atoms with E-state index >= 15 is 0 Å². The van der Waals surface area contributed by atoms with Crippen LogP contribution in [-0.4, -0.2) is 44.8 Å². The van der Waals surface area contributed by atoms with Crippen molar-refractivity contribution in [3.63, 3.8) is 0 Å². The average molecular weight is 397 g/mol. The molecule has 1 aliphatic rings. The van der Waals surface area contributed by atoms with Crippen molar-refractivity contribution in [3.8, 4) is 0 Å². The number of hydrogen-bond donors (Lipinski definition) is 4. The van der Waals surface area contributed by atoms with Gasteiger partial charge in [0.1, 0.15) is 0 Å². The van der Waals surface area contributed by atoms with Gasteiger partial charge in [-0.25, -0.2) is 0 Å². The molecule has 0 aromatic rings. The van der Waals surface area contributed by atoms with Crippen LogP contribution < -0.4 is 0 Å². The van der Waals surface area contributed by atoms with E-state index < -0.39 is 17.8 Å². The van der Waals surface area contributed by atoms with E-state index in [-0.39, 0.29) is 18.4 Å². The third-order valence-corrected chi connectivity index (χ3v) is 6.28. The largest absolute Gasteiger partial charge is 0.396 e. The Kier molecular flexibility index (Phi) is 13.0. The summed E-state index contributed by atoms with van der Waals surface area (Å²) < 4.78 is 0. The van der Waals surface area contributed by atoms with Crippen LogP contribution in [0, 0.1) is 11.8 Å². The molecule has 4 nitrogen and oxygen atoms in total. The molecule has 0 spiro atoms. The van der Waals surface area contributed by atoms with E-state index in [2.05, 4.69) is 13.5 Å². The summed E-state index contributed by atoms with van der Waals surface area (Å²) in [5.74, 6) is 0.0482. The minimum Gasteiger partial charge on any atom is -0.396 e. The first-order chi connectivity index (χ1) is 13.5. The molecule has 164 valence electrons. The third-order valence-electron chi connectivity index (χ3n) is 6.28. The zero-order valence-electron chi connectivity index (χ0n) is 17.9. The minimum atomic E-state index is -0.880. The van der Waals surface area contributed by atoms with Gasteiger partial charge < -0.3 is 20.4 Å². The van der Waals surface area contributed by atoms with Crippen LogP contribution in [0.15, 0.2) is 24.8 Å². The quantitative estimate of drug-likeness (QED) is 0.229. The summed E-state index contributed by atoms with van der Waals surface area (Å²) in [6.07, 6.45) is 16.9. The Labute approximate surface area is 172 Å².